The molecule has 0 saturated carbocycles. The summed E-state index contributed by atoms with van der Waals surface area (Å²) in [7, 11) is 0. The van der Waals surface area contributed by atoms with Crippen LogP contribution in [0.5, 0.6) is 0 Å². The van der Waals surface area contributed by atoms with E-state index in [1.54, 1.807) is 30.5 Å². The van der Waals surface area contributed by atoms with Crippen molar-refractivity contribution in [3.05, 3.63) is 59.5 Å². The van der Waals surface area contributed by atoms with Gasteiger partial charge in [0.15, 0.2) is 0 Å². The van der Waals surface area contributed by atoms with Crippen LogP contribution < -0.4 is 0 Å². The zero-order valence-electron chi connectivity index (χ0n) is 13.3. The maximum atomic E-state index is 12.8. The average molecular weight is 301 g/mol. The average Bonchev–Trinajstić information content (AvgIpc) is 3.04. The number of benzene rings is 1. The highest BCUT2D eigenvalue weighted by Crippen LogP contribution is 2.19. The number of amides is 1. The standard InChI is InChI=1S/C18H23NO3/c1-13(2)14(3)19(11-17-5-4-10-22-17)18(21)16-8-6-15(12-20)7-9-16/h4-10,13-14,20H,11-12H2,1-3H3. The maximum absolute atomic E-state index is 12.8. The first kappa shape index (κ1) is 16.3. The molecular weight excluding hydrogens is 278 g/mol. The molecule has 4 nitrogen and oxygen atoms in total. The normalized spacial score (nSPS) is 12.4. The Hall–Kier alpha value is -2.07. The number of nitrogens with zero attached hydrogens (tertiary/aromatic N) is 1. The van der Waals surface area contributed by atoms with Crippen LogP contribution in [0.1, 0.15) is 42.5 Å². The van der Waals surface area contributed by atoms with Gasteiger partial charge < -0.3 is 14.4 Å². The molecule has 1 aromatic carbocycles. The predicted octanol–water partition coefficient (Wildman–Crippen LogP) is 3.46. The van der Waals surface area contributed by atoms with Gasteiger partial charge in [-0.3, -0.25) is 4.79 Å². The Bertz CT molecular complexity index is 587. The summed E-state index contributed by atoms with van der Waals surface area (Å²) in [5.74, 6) is 1.09. The quantitative estimate of drug-likeness (QED) is 0.889. The van der Waals surface area contributed by atoms with Crippen molar-refractivity contribution >= 4 is 5.91 Å². The van der Waals surface area contributed by atoms with Crippen LogP contribution in [0.25, 0.3) is 0 Å². The molecule has 1 aromatic heterocycles. The van der Waals surface area contributed by atoms with E-state index in [4.69, 9.17) is 9.52 Å². The molecule has 0 aliphatic rings. The summed E-state index contributed by atoms with van der Waals surface area (Å²) in [6.07, 6.45) is 1.62. The number of hydrogen-bond acceptors (Lipinski definition) is 3. The fraction of sp³-hybridized carbons (Fsp3) is 0.389. The Labute approximate surface area is 131 Å². The predicted molar refractivity (Wildman–Crippen MR) is 85.2 cm³/mol. The van der Waals surface area contributed by atoms with Crippen LogP contribution >= 0.6 is 0 Å². The molecule has 1 N–H and O–H groups in total. The van der Waals surface area contributed by atoms with Gasteiger partial charge in [-0.05, 0) is 42.7 Å². The van der Waals surface area contributed by atoms with Gasteiger partial charge in [-0.25, -0.2) is 0 Å². The van der Waals surface area contributed by atoms with Crippen molar-refractivity contribution in [1.29, 1.82) is 0 Å². The fourth-order valence-corrected chi connectivity index (χ4v) is 2.25. The summed E-state index contributed by atoms with van der Waals surface area (Å²) in [4.78, 5) is 14.7. The van der Waals surface area contributed by atoms with Gasteiger partial charge in [0.25, 0.3) is 5.91 Å². The Morgan fingerprint density at radius 3 is 2.36 bits per heavy atom. The molecule has 0 aliphatic heterocycles. The molecule has 2 aromatic rings. The molecule has 1 atom stereocenters. The van der Waals surface area contributed by atoms with Crippen molar-refractivity contribution < 1.29 is 14.3 Å². The lowest BCUT2D eigenvalue weighted by Gasteiger charge is -2.31. The Morgan fingerprint density at radius 1 is 1.18 bits per heavy atom. The lowest BCUT2D eigenvalue weighted by atomic mass is 10.0. The first-order valence-corrected chi connectivity index (χ1v) is 7.56. The van der Waals surface area contributed by atoms with E-state index in [2.05, 4.69) is 13.8 Å². The summed E-state index contributed by atoms with van der Waals surface area (Å²) in [5, 5.41) is 9.10. The number of carbonyl (C=O) groups excluding carboxylic acids is 1. The second-order valence-corrected chi connectivity index (χ2v) is 5.85. The highest BCUT2D eigenvalue weighted by molar-refractivity contribution is 5.94. The highest BCUT2D eigenvalue weighted by atomic mass is 16.3. The summed E-state index contributed by atoms with van der Waals surface area (Å²) < 4.78 is 5.39. The van der Waals surface area contributed by atoms with Gasteiger partial charge in [-0.1, -0.05) is 26.0 Å². The van der Waals surface area contributed by atoms with E-state index >= 15 is 0 Å². The Morgan fingerprint density at radius 2 is 1.86 bits per heavy atom. The second-order valence-electron chi connectivity index (χ2n) is 5.85. The zero-order valence-corrected chi connectivity index (χ0v) is 13.3. The molecule has 0 fully saturated rings. The van der Waals surface area contributed by atoms with Gasteiger partial charge in [0.1, 0.15) is 5.76 Å². The number of aliphatic hydroxyl groups is 1. The van der Waals surface area contributed by atoms with Crippen LogP contribution in [0.2, 0.25) is 0 Å². The summed E-state index contributed by atoms with van der Waals surface area (Å²) in [5.41, 5.74) is 1.42. The number of hydrogen-bond donors (Lipinski definition) is 1. The van der Waals surface area contributed by atoms with Gasteiger partial charge in [0.05, 0.1) is 19.4 Å². The van der Waals surface area contributed by atoms with Crippen molar-refractivity contribution in [2.45, 2.75) is 40.0 Å². The summed E-state index contributed by atoms with van der Waals surface area (Å²) in [6, 6.07) is 10.9. The third-order valence-electron chi connectivity index (χ3n) is 4.01. The van der Waals surface area contributed by atoms with Crippen molar-refractivity contribution in [2.75, 3.05) is 0 Å². The molecule has 0 bridgehead atoms. The van der Waals surface area contributed by atoms with Crippen molar-refractivity contribution in [3.8, 4) is 0 Å². The number of furan rings is 1. The smallest absolute Gasteiger partial charge is 0.254 e. The Balaban J connectivity index is 2.24. The van der Waals surface area contributed by atoms with Crippen molar-refractivity contribution in [1.82, 2.24) is 4.90 Å². The molecule has 2 rings (SSSR count). The van der Waals surface area contributed by atoms with Gasteiger partial charge in [0.2, 0.25) is 0 Å². The van der Waals surface area contributed by atoms with Crippen LogP contribution in [0.4, 0.5) is 0 Å². The lowest BCUT2D eigenvalue weighted by Crippen LogP contribution is -2.40. The van der Waals surface area contributed by atoms with E-state index in [1.807, 2.05) is 24.0 Å². The van der Waals surface area contributed by atoms with Crippen molar-refractivity contribution in [3.63, 3.8) is 0 Å². The van der Waals surface area contributed by atoms with Gasteiger partial charge >= 0.3 is 0 Å². The molecule has 1 amide bonds. The molecule has 4 heteroatoms. The molecule has 0 saturated heterocycles. The fourth-order valence-electron chi connectivity index (χ4n) is 2.25. The molecule has 118 valence electrons. The molecule has 0 radical (unpaired) electrons. The minimum atomic E-state index is -0.0258. The molecule has 0 aliphatic carbocycles. The van der Waals surface area contributed by atoms with E-state index in [0.29, 0.717) is 18.0 Å². The first-order valence-electron chi connectivity index (χ1n) is 7.56. The van der Waals surface area contributed by atoms with Crippen molar-refractivity contribution in [2.24, 2.45) is 5.92 Å². The summed E-state index contributed by atoms with van der Waals surface area (Å²) in [6.45, 7) is 6.68. The van der Waals surface area contributed by atoms with Crippen LogP contribution in [-0.2, 0) is 13.2 Å². The highest BCUT2D eigenvalue weighted by Gasteiger charge is 2.24. The molecule has 22 heavy (non-hydrogen) atoms. The van der Waals surface area contributed by atoms with Crippen LogP contribution in [0.15, 0.2) is 47.1 Å². The molecule has 1 heterocycles. The zero-order chi connectivity index (χ0) is 16.1. The lowest BCUT2D eigenvalue weighted by molar-refractivity contribution is 0.0611. The molecular formula is C18H23NO3. The Kier molecular flexibility index (Phi) is 5.39. The van der Waals surface area contributed by atoms with Gasteiger partial charge in [-0.2, -0.15) is 0 Å². The SMILES string of the molecule is CC(C)C(C)N(Cc1ccco1)C(=O)c1ccc(CO)cc1. The van der Waals surface area contributed by atoms with E-state index in [9.17, 15) is 4.79 Å². The first-order chi connectivity index (χ1) is 10.5. The minimum absolute atomic E-state index is 0.0209. The van der Waals surface area contributed by atoms with Crippen LogP contribution in [-0.4, -0.2) is 22.0 Å². The number of rotatable bonds is 6. The van der Waals surface area contributed by atoms with Crippen LogP contribution in [0.3, 0.4) is 0 Å². The molecule has 0 spiro atoms. The number of aliphatic hydroxyl groups excluding tert-OH is 1. The van der Waals surface area contributed by atoms with E-state index in [1.165, 1.54) is 0 Å². The topological polar surface area (TPSA) is 53.7 Å². The van der Waals surface area contributed by atoms with E-state index in [0.717, 1.165) is 11.3 Å². The largest absolute Gasteiger partial charge is 0.467 e. The van der Waals surface area contributed by atoms with Crippen LogP contribution in [0, 0.1) is 5.92 Å². The third-order valence-corrected chi connectivity index (χ3v) is 4.01. The number of carbonyl (C=O) groups is 1. The second kappa shape index (κ2) is 7.27. The molecule has 1 unspecified atom stereocenters. The maximum Gasteiger partial charge on any atom is 0.254 e. The van der Waals surface area contributed by atoms with Gasteiger partial charge in [-0.15, -0.1) is 0 Å². The monoisotopic (exact) mass is 301 g/mol. The van der Waals surface area contributed by atoms with Gasteiger partial charge in [0, 0.05) is 11.6 Å². The minimum Gasteiger partial charge on any atom is -0.467 e. The third kappa shape index (κ3) is 3.77. The van der Waals surface area contributed by atoms with E-state index in [-0.39, 0.29) is 18.6 Å². The summed E-state index contributed by atoms with van der Waals surface area (Å²) >= 11 is 0. The van der Waals surface area contributed by atoms with E-state index < -0.39 is 0 Å².